The summed E-state index contributed by atoms with van der Waals surface area (Å²) in [5.74, 6) is -0.305. The van der Waals surface area contributed by atoms with Crippen molar-refractivity contribution < 1.29 is 13.9 Å². The van der Waals surface area contributed by atoms with Gasteiger partial charge in [0.25, 0.3) is 5.91 Å². The number of ether oxygens (including phenoxy) is 1. The minimum absolute atomic E-state index is 0.102. The standard InChI is InChI=1S/C16H16FN3O2/c17-14-6-2-1-5-13(14)16(21)20-9-3-4-12(10-20)22-15-7-8-18-11-19-15/h1-2,5-8,11-12H,3-4,9-10H2. The molecule has 0 N–H and O–H groups in total. The van der Waals surface area contributed by atoms with E-state index in [9.17, 15) is 9.18 Å². The first-order valence-corrected chi connectivity index (χ1v) is 7.20. The highest BCUT2D eigenvalue weighted by atomic mass is 19.1. The number of aromatic nitrogens is 2. The summed E-state index contributed by atoms with van der Waals surface area (Å²) < 4.78 is 19.5. The summed E-state index contributed by atoms with van der Waals surface area (Å²) in [6.45, 7) is 1.04. The summed E-state index contributed by atoms with van der Waals surface area (Å²) >= 11 is 0. The molecule has 1 aromatic carbocycles. The molecule has 1 aromatic heterocycles. The molecule has 1 unspecified atom stereocenters. The van der Waals surface area contributed by atoms with E-state index in [1.54, 1.807) is 29.3 Å². The average Bonchev–Trinajstić information content (AvgIpc) is 2.56. The molecule has 3 rings (SSSR count). The largest absolute Gasteiger partial charge is 0.472 e. The maximum Gasteiger partial charge on any atom is 0.256 e. The molecule has 5 nitrogen and oxygen atoms in total. The van der Waals surface area contributed by atoms with Crippen molar-refractivity contribution in [2.45, 2.75) is 18.9 Å². The van der Waals surface area contributed by atoms with Crippen LogP contribution < -0.4 is 4.74 Å². The van der Waals surface area contributed by atoms with Crippen molar-refractivity contribution in [3.63, 3.8) is 0 Å². The molecule has 0 radical (unpaired) electrons. The Hall–Kier alpha value is -2.50. The van der Waals surface area contributed by atoms with Crippen LogP contribution in [0.25, 0.3) is 0 Å². The number of hydrogen-bond acceptors (Lipinski definition) is 4. The van der Waals surface area contributed by atoms with Gasteiger partial charge in [-0.3, -0.25) is 4.79 Å². The van der Waals surface area contributed by atoms with Crippen molar-refractivity contribution in [3.8, 4) is 5.88 Å². The van der Waals surface area contributed by atoms with Crippen LogP contribution in [0.3, 0.4) is 0 Å². The van der Waals surface area contributed by atoms with Crippen LogP contribution in [0.15, 0.2) is 42.9 Å². The fraction of sp³-hybridized carbons (Fsp3) is 0.312. The van der Waals surface area contributed by atoms with Gasteiger partial charge < -0.3 is 9.64 Å². The Morgan fingerprint density at radius 3 is 2.95 bits per heavy atom. The van der Waals surface area contributed by atoms with Gasteiger partial charge in [0.15, 0.2) is 0 Å². The van der Waals surface area contributed by atoms with E-state index in [1.807, 2.05) is 0 Å². The van der Waals surface area contributed by atoms with Gasteiger partial charge in [-0.25, -0.2) is 14.4 Å². The molecule has 2 aromatic rings. The minimum Gasteiger partial charge on any atom is -0.472 e. The molecule has 22 heavy (non-hydrogen) atoms. The highest BCUT2D eigenvalue weighted by Crippen LogP contribution is 2.19. The minimum atomic E-state index is -0.494. The number of halogens is 1. The molecular weight excluding hydrogens is 285 g/mol. The molecule has 0 aliphatic carbocycles. The van der Waals surface area contributed by atoms with E-state index in [4.69, 9.17) is 4.74 Å². The van der Waals surface area contributed by atoms with E-state index in [-0.39, 0.29) is 17.6 Å². The normalized spacial score (nSPS) is 18.0. The number of amides is 1. The number of rotatable bonds is 3. The lowest BCUT2D eigenvalue weighted by Crippen LogP contribution is -2.44. The molecule has 0 spiro atoms. The Labute approximate surface area is 127 Å². The summed E-state index contributed by atoms with van der Waals surface area (Å²) in [5, 5.41) is 0. The molecule has 1 amide bonds. The molecule has 1 saturated heterocycles. The first-order valence-electron chi connectivity index (χ1n) is 7.20. The third kappa shape index (κ3) is 3.21. The fourth-order valence-electron chi connectivity index (χ4n) is 2.54. The van der Waals surface area contributed by atoms with Crippen molar-refractivity contribution in [1.29, 1.82) is 0 Å². The molecule has 1 aliphatic heterocycles. The summed E-state index contributed by atoms with van der Waals surface area (Å²) in [6, 6.07) is 7.72. The van der Waals surface area contributed by atoms with Crippen molar-refractivity contribution in [3.05, 3.63) is 54.2 Å². The van der Waals surface area contributed by atoms with E-state index < -0.39 is 5.82 Å². The second kappa shape index (κ2) is 6.51. The Morgan fingerprint density at radius 1 is 1.32 bits per heavy atom. The topological polar surface area (TPSA) is 55.3 Å². The number of piperidine rings is 1. The summed E-state index contributed by atoms with van der Waals surface area (Å²) in [6.07, 6.45) is 4.54. The second-order valence-corrected chi connectivity index (χ2v) is 5.16. The quantitative estimate of drug-likeness (QED) is 0.873. The summed E-state index contributed by atoms with van der Waals surface area (Å²) in [7, 11) is 0. The highest BCUT2D eigenvalue weighted by molar-refractivity contribution is 5.94. The lowest BCUT2D eigenvalue weighted by atomic mass is 10.1. The second-order valence-electron chi connectivity index (χ2n) is 5.16. The van der Waals surface area contributed by atoms with Crippen LogP contribution in [0.5, 0.6) is 5.88 Å². The molecule has 2 heterocycles. The number of likely N-dealkylation sites (tertiary alicyclic amines) is 1. The molecule has 0 bridgehead atoms. The summed E-state index contributed by atoms with van der Waals surface area (Å²) in [4.78, 5) is 21.9. The van der Waals surface area contributed by atoms with Crippen LogP contribution in [0.1, 0.15) is 23.2 Å². The van der Waals surface area contributed by atoms with Gasteiger partial charge in [0.1, 0.15) is 18.2 Å². The SMILES string of the molecule is O=C(c1ccccc1F)N1CCCC(Oc2ccncn2)C1. The van der Waals surface area contributed by atoms with Crippen LogP contribution in [-0.4, -0.2) is 40.0 Å². The Morgan fingerprint density at radius 2 is 2.18 bits per heavy atom. The zero-order valence-corrected chi connectivity index (χ0v) is 12.0. The van der Waals surface area contributed by atoms with Gasteiger partial charge in [-0.15, -0.1) is 0 Å². The van der Waals surface area contributed by atoms with Crippen LogP contribution in [-0.2, 0) is 0 Å². The monoisotopic (exact) mass is 301 g/mol. The van der Waals surface area contributed by atoms with Gasteiger partial charge in [-0.2, -0.15) is 0 Å². The third-order valence-corrected chi connectivity index (χ3v) is 3.61. The lowest BCUT2D eigenvalue weighted by Gasteiger charge is -2.32. The van der Waals surface area contributed by atoms with Crippen molar-refractivity contribution in [2.24, 2.45) is 0 Å². The Kier molecular flexibility index (Phi) is 4.27. The number of carbonyl (C=O) groups excluding carboxylic acids is 1. The van der Waals surface area contributed by atoms with E-state index in [0.717, 1.165) is 12.8 Å². The number of nitrogens with zero attached hydrogens (tertiary/aromatic N) is 3. The fourth-order valence-corrected chi connectivity index (χ4v) is 2.54. The van der Waals surface area contributed by atoms with Gasteiger partial charge in [0.2, 0.25) is 5.88 Å². The zero-order chi connectivity index (χ0) is 15.4. The lowest BCUT2D eigenvalue weighted by molar-refractivity contribution is 0.0523. The van der Waals surface area contributed by atoms with Gasteiger partial charge in [-0.1, -0.05) is 12.1 Å². The van der Waals surface area contributed by atoms with Crippen LogP contribution in [0.2, 0.25) is 0 Å². The number of carbonyl (C=O) groups is 1. The predicted octanol–water partition coefficient (Wildman–Crippen LogP) is 2.30. The van der Waals surface area contributed by atoms with Crippen molar-refractivity contribution >= 4 is 5.91 Å². The molecule has 1 aliphatic rings. The maximum atomic E-state index is 13.7. The van der Waals surface area contributed by atoms with E-state index in [1.165, 1.54) is 18.5 Å². The van der Waals surface area contributed by atoms with E-state index in [0.29, 0.717) is 19.0 Å². The highest BCUT2D eigenvalue weighted by Gasteiger charge is 2.27. The van der Waals surface area contributed by atoms with Crippen molar-refractivity contribution in [2.75, 3.05) is 13.1 Å². The van der Waals surface area contributed by atoms with Crippen LogP contribution >= 0.6 is 0 Å². The molecule has 1 fully saturated rings. The summed E-state index contributed by atoms with van der Waals surface area (Å²) in [5.41, 5.74) is 0.102. The van der Waals surface area contributed by atoms with Gasteiger partial charge in [-0.05, 0) is 25.0 Å². The van der Waals surface area contributed by atoms with E-state index >= 15 is 0 Å². The van der Waals surface area contributed by atoms with Gasteiger partial charge in [0, 0.05) is 18.8 Å². The third-order valence-electron chi connectivity index (χ3n) is 3.61. The van der Waals surface area contributed by atoms with E-state index in [2.05, 4.69) is 9.97 Å². The van der Waals surface area contributed by atoms with Gasteiger partial charge in [0.05, 0.1) is 12.1 Å². The first kappa shape index (κ1) is 14.4. The van der Waals surface area contributed by atoms with Crippen molar-refractivity contribution in [1.82, 2.24) is 14.9 Å². The Balaban J connectivity index is 1.68. The number of benzene rings is 1. The van der Waals surface area contributed by atoms with Crippen LogP contribution in [0.4, 0.5) is 4.39 Å². The molecule has 114 valence electrons. The maximum absolute atomic E-state index is 13.7. The molecule has 1 atom stereocenters. The Bertz CT molecular complexity index is 651. The smallest absolute Gasteiger partial charge is 0.256 e. The predicted molar refractivity (Wildman–Crippen MR) is 78.0 cm³/mol. The molecule has 6 heteroatoms. The van der Waals surface area contributed by atoms with Gasteiger partial charge >= 0.3 is 0 Å². The number of hydrogen-bond donors (Lipinski definition) is 0. The average molecular weight is 301 g/mol. The zero-order valence-electron chi connectivity index (χ0n) is 12.0. The van der Waals surface area contributed by atoms with Crippen LogP contribution in [0, 0.1) is 5.82 Å². The molecule has 0 saturated carbocycles. The molecular formula is C16H16FN3O2. The first-order chi connectivity index (χ1) is 10.7.